The zero-order chi connectivity index (χ0) is 11.7. The number of hydrogen-bond acceptors (Lipinski definition) is 3. The van der Waals surface area contributed by atoms with Crippen LogP contribution < -0.4 is 5.73 Å². The van der Waals surface area contributed by atoms with Crippen molar-refractivity contribution in [3.8, 4) is 0 Å². The van der Waals surface area contributed by atoms with Crippen LogP contribution in [0.3, 0.4) is 0 Å². The van der Waals surface area contributed by atoms with Gasteiger partial charge in [-0.1, -0.05) is 0 Å². The van der Waals surface area contributed by atoms with E-state index in [-0.39, 0.29) is 6.04 Å². The molecule has 2 aromatic heterocycles. The van der Waals surface area contributed by atoms with Crippen LogP contribution in [-0.4, -0.2) is 9.78 Å². The molecule has 0 aliphatic rings. The average Bonchev–Trinajstić information content (AvgIpc) is 2.83. The number of nitrogens with two attached hydrogens (primary N) is 1. The molecule has 86 valence electrons. The van der Waals surface area contributed by atoms with E-state index in [0.717, 1.165) is 16.7 Å². The zero-order valence-electron chi connectivity index (χ0n) is 8.65. The van der Waals surface area contributed by atoms with E-state index < -0.39 is 0 Å². The van der Waals surface area contributed by atoms with Gasteiger partial charge in [0.1, 0.15) is 11.8 Å². The van der Waals surface area contributed by atoms with Gasteiger partial charge in [-0.25, -0.2) is 0 Å². The first kappa shape index (κ1) is 11.9. The van der Waals surface area contributed by atoms with Crippen molar-refractivity contribution in [2.45, 2.75) is 19.5 Å². The largest absolute Gasteiger partial charge is 0.452 e. The Kier molecular flexibility index (Phi) is 3.51. The molecule has 0 aliphatic heterocycles. The molecule has 1 unspecified atom stereocenters. The molecule has 0 bridgehead atoms. The van der Waals surface area contributed by atoms with E-state index in [4.69, 9.17) is 10.2 Å². The van der Waals surface area contributed by atoms with Crippen LogP contribution in [0.4, 0.5) is 0 Å². The highest BCUT2D eigenvalue weighted by Crippen LogP contribution is 2.28. The summed E-state index contributed by atoms with van der Waals surface area (Å²) in [5, 5.41) is 4.22. The van der Waals surface area contributed by atoms with E-state index in [1.54, 1.807) is 6.20 Å². The van der Waals surface area contributed by atoms with E-state index in [2.05, 4.69) is 37.0 Å². The molecule has 0 saturated carbocycles. The van der Waals surface area contributed by atoms with Crippen molar-refractivity contribution in [2.75, 3.05) is 0 Å². The third-order valence-electron chi connectivity index (χ3n) is 2.33. The summed E-state index contributed by atoms with van der Waals surface area (Å²) in [6, 6.07) is 3.37. The Labute approximate surface area is 110 Å². The van der Waals surface area contributed by atoms with Crippen molar-refractivity contribution >= 4 is 31.9 Å². The Bertz CT molecular complexity index is 492. The van der Waals surface area contributed by atoms with Crippen LogP contribution in [0, 0.1) is 0 Å². The molecular weight excluding hydrogens is 338 g/mol. The molecule has 0 spiro atoms. The summed E-state index contributed by atoms with van der Waals surface area (Å²) in [5.74, 6) is 0.711. The van der Waals surface area contributed by atoms with Crippen LogP contribution in [-0.2, 0) is 6.54 Å². The Balaban J connectivity index is 2.40. The summed E-state index contributed by atoms with van der Waals surface area (Å²) >= 11 is 6.71. The second-order valence-electron chi connectivity index (χ2n) is 3.31. The standard InChI is InChI=1S/C10H11Br2N3O/c1-2-15-10(6(11)5-14-15)9(13)7-3-4-8(12)16-7/h3-5,9H,2,13H2,1H3. The molecular formula is C10H11Br2N3O. The van der Waals surface area contributed by atoms with Gasteiger partial charge in [0, 0.05) is 6.54 Å². The van der Waals surface area contributed by atoms with Gasteiger partial charge in [0.15, 0.2) is 4.67 Å². The Morgan fingerprint density at radius 1 is 1.50 bits per heavy atom. The summed E-state index contributed by atoms with van der Waals surface area (Å²) in [6.07, 6.45) is 1.75. The summed E-state index contributed by atoms with van der Waals surface area (Å²) < 4.78 is 8.88. The lowest BCUT2D eigenvalue weighted by Crippen LogP contribution is -2.17. The van der Waals surface area contributed by atoms with Crippen LogP contribution in [0.25, 0.3) is 0 Å². The molecule has 0 fully saturated rings. The first-order chi connectivity index (χ1) is 7.63. The molecule has 0 radical (unpaired) electrons. The quantitative estimate of drug-likeness (QED) is 0.927. The SMILES string of the molecule is CCn1ncc(Br)c1C(N)c1ccc(Br)o1. The first-order valence-corrected chi connectivity index (χ1v) is 6.44. The van der Waals surface area contributed by atoms with Crippen molar-refractivity contribution in [1.82, 2.24) is 9.78 Å². The highest BCUT2D eigenvalue weighted by molar-refractivity contribution is 9.10. The Hall–Kier alpha value is -0.590. The molecule has 2 aromatic rings. The fourth-order valence-electron chi connectivity index (χ4n) is 1.56. The van der Waals surface area contributed by atoms with E-state index in [0.29, 0.717) is 10.4 Å². The lowest BCUT2D eigenvalue weighted by Gasteiger charge is -2.11. The van der Waals surface area contributed by atoms with Gasteiger partial charge in [0.05, 0.1) is 16.4 Å². The minimum absolute atomic E-state index is 0.317. The topological polar surface area (TPSA) is 57.0 Å². The molecule has 2 N–H and O–H groups in total. The van der Waals surface area contributed by atoms with Gasteiger partial charge in [-0.3, -0.25) is 4.68 Å². The highest BCUT2D eigenvalue weighted by Gasteiger charge is 2.20. The third kappa shape index (κ3) is 2.09. The number of furan rings is 1. The maximum Gasteiger partial charge on any atom is 0.169 e. The monoisotopic (exact) mass is 347 g/mol. The summed E-state index contributed by atoms with van der Waals surface area (Å²) in [4.78, 5) is 0. The smallest absolute Gasteiger partial charge is 0.169 e. The molecule has 0 aliphatic carbocycles. The van der Waals surface area contributed by atoms with Gasteiger partial charge >= 0.3 is 0 Å². The predicted molar refractivity (Wildman–Crippen MR) is 68.0 cm³/mol. The van der Waals surface area contributed by atoms with E-state index >= 15 is 0 Å². The molecule has 0 saturated heterocycles. The van der Waals surface area contributed by atoms with Gasteiger partial charge < -0.3 is 10.2 Å². The number of hydrogen-bond donors (Lipinski definition) is 1. The van der Waals surface area contributed by atoms with E-state index in [9.17, 15) is 0 Å². The molecule has 16 heavy (non-hydrogen) atoms. The zero-order valence-corrected chi connectivity index (χ0v) is 11.8. The second kappa shape index (κ2) is 4.73. The van der Waals surface area contributed by atoms with Crippen molar-refractivity contribution in [1.29, 1.82) is 0 Å². The van der Waals surface area contributed by atoms with Crippen LogP contribution in [0.1, 0.15) is 24.4 Å². The molecule has 1 atom stereocenters. The summed E-state index contributed by atoms with van der Waals surface area (Å²) in [7, 11) is 0. The number of aryl methyl sites for hydroxylation is 1. The van der Waals surface area contributed by atoms with Crippen LogP contribution in [0.5, 0.6) is 0 Å². The number of halogens is 2. The van der Waals surface area contributed by atoms with Crippen LogP contribution in [0.2, 0.25) is 0 Å². The second-order valence-corrected chi connectivity index (χ2v) is 4.95. The van der Waals surface area contributed by atoms with Crippen LogP contribution in [0.15, 0.2) is 31.9 Å². The predicted octanol–water partition coefficient (Wildman–Crippen LogP) is 3.07. The van der Waals surface area contributed by atoms with E-state index in [1.165, 1.54) is 0 Å². The van der Waals surface area contributed by atoms with Crippen molar-refractivity contribution in [2.24, 2.45) is 5.73 Å². The van der Waals surface area contributed by atoms with Gasteiger partial charge in [-0.05, 0) is 50.9 Å². The van der Waals surface area contributed by atoms with Gasteiger partial charge in [0.2, 0.25) is 0 Å². The lowest BCUT2D eigenvalue weighted by atomic mass is 10.2. The summed E-state index contributed by atoms with van der Waals surface area (Å²) in [6.45, 7) is 2.80. The minimum atomic E-state index is -0.317. The fraction of sp³-hybridized carbons (Fsp3) is 0.300. The molecule has 2 heterocycles. The summed E-state index contributed by atoms with van der Waals surface area (Å²) in [5.41, 5.74) is 7.07. The van der Waals surface area contributed by atoms with Crippen molar-refractivity contribution in [3.63, 3.8) is 0 Å². The normalized spacial score (nSPS) is 13.0. The van der Waals surface area contributed by atoms with Gasteiger partial charge in [0.25, 0.3) is 0 Å². The van der Waals surface area contributed by atoms with Gasteiger partial charge in [-0.2, -0.15) is 5.10 Å². The van der Waals surface area contributed by atoms with Crippen molar-refractivity contribution in [3.05, 3.63) is 38.9 Å². The number of nitrogens with zero attached hydrogens (tertiary/aromatic N) is 2. The fourth-order valence-corrected chi connectivity index (χ4v) is 2.43. The molecule has 4 nitrogen and oxygen atoms in total. The number of aromatic nitrogens is 2. The minimum Gasteiger partial charge on any atom is -0.452 e. The maximum absolute atomic E-state index is 6.15. The maximum atomic E-state index is 6.15. The molecule has 0 aromatic carbocycles. The number of rotatable bonds is 3. The molecule has 6 heteroatoms. The van der Waals surface area contributed by atoms with Crippen molar-refractivity contribution < 1.29 is 4.42 Å². The molecule has 2 rings (SSSR count). The highest BCUT2D eigenvalue weighted by atomic mass is 79.9. The average molecular weight is 349 g/mol. The lowest BCUT2D eigenvalue weighted by molar-refractivity contribution is 0.456. The van der Waals surface area contributed by atoms with Crippen LogP contribution >= 0.6 is 31.9 Å². The van der Waals surface area contributed by atoms with Gasteiger partial charge in [-0.15, -0.1) is 0 Å². The first-order valence-electron chi connectivity index (χ1n) is 4.85. The Morgan fingerprint density at radius 3 is 2.81 bits per heavy atom. The Morgan fingerprint density at radius 2 is 2.25 bits per heavy atom. The molecule has 0 amide bonds. The van der Waals surface area contributed by atoms with E-state index in [1.807, 2.05) is 23.7 Å². The third-order valence-corrected chi connectivity index (χ3v) is 3.37.